The normalized spacial score (nSPS) is 30.2. The smallest absolute Gasteiger partial charge is 0.289 e. The fraction of sp³-hybridized carbons (Fsp3) is 0.500. The van der Waals surface area contributed by atoms with E-state index in [-0.39, 0.29) is 15.9 Å². The maximum absolute atomic E-state index is 13.0. The molecule has 0 spiro atoms. The van der Waals surface area contributed by atoms with Crippen molar-refractivity contribution in [2.45, 2.75) is 24.5 Å². The van der Waals surface area contributed by atoms with Gasteiger partial charge in [0.05, 0.1) is 6.61 Å². The number of aliphatic hydroxyl groups is 3. The van der Waals surface area contributed by atoms with Gasteiger partial charge in [0.15, 0.2) is 11.9 Å². The van der Waals surface area contributed by atoms with E-state index in [1.165, 1.54) is 10.8 Å². The second kappa shape index (κ2) is 4.82. The van der Waals surface area contributed by atoms with Crippen LogP contribution in [-0.4, -0.2) is 59.8 Å². The van der Waals surface area contributed by atoms with Gasteiger partial charge in [0.2, 0.25) is 4.77 Å². The summed E-state index contributed by atoms with van der Waals surface area (Å²) in [4.78, 5) is 9.76. The number of fused-ring (bicyclic) bond motifs is 1. The lowest BCUT2D eigenvalue weighted by atomic mass is 10.1. The van der Waals surface area contributed by atoms with Crippen molar-refractivity contribution in [3.05, 3.63) is 17.0 Å². The second-order valence-corrected chi connectivity index (χ2v) is 4.79. The lowest BCUT2D eigenvalue weighted by molar-refractivity contribution is -0.0538. The Morgan fingerprint density at radius 2 is 2.15 bits per heavy atom. The Morgan fingerprint density at radius 1 is 1.40 bits per heavy atom. The van der Waals surface area contributed by atoms with Gasteiger partial charge in [0.1, 0.15) is 23.8 Å². The number of rotatable bonds is 2. The molecule has 4 atom stereocenters. The maximum Gasteiger partial charge on any atom is 0.289 e. The van der Waals surface area contributed by atoms with Crippen molar-refractivity contribution in [1.82, 2.24) is 19.5 Å². The molecule has 1 aliphatic rings. The molecule has 3 rings (SSSR count). The fourth-order valence-corrected chi connectivity index (χ4v) is 2.40. The Morgan fingerprint density at radius 3 is 2.80 bits per heavy atom. The van der Waals surface area contributed by atoms with E-state index in [0.29, 0.717) is 0 Å². The number of aromatic nitrogens is 4. The minimum Gasteiger partial charge on any atom is -0.394 e. The number of imidazole rings is 1. The number of nitrogens with one attached hydrogen (secondary N) is 1. The summed E-state index contributed by atoms with van der Waals surface area (Å²) < 4.78 is 19.6. The zero-order valence-corrected chi connectivity index (χ0v) is 10.8. The van der Waals surface area contributed by atoms with E-state index in [4.69, 9.17) is 22.1 Å². The minimum absolute atomic E-state index is 0.0128. The zero-order valence-electron chi connectivity index (χ0n) is 9.97. The number of nitrogens with zero attached hydrogens (tertiary/aromatic N) is 3. The van der Waals surface area contributed by atoms with Crippen LogP contribution in [0.3, 0.4) is 0 Å². The predicted octanol–water partition coefficient (Wildman–Crippen LogP) is -0.761. The van der Waals surface area contributed by atoms with Crippen LogP contribution < -0.4 is 0 Å². The number of hydrogen-bond donors (Lipinski definition) is 4. The molecule has 0 aromatic carbocycles. The summed E-state index contributed by atoms with van der Waals surface area (Å²) in [6.07, 6.45) is -3.89. The quantitative estimate of drug-likeness (QED) is 0.425. The molecule has 108 valence electrons. The largest absolute Gasteiger partial charge is 0.394 e. The van der Waals surface area contributed by atoms with Crippen LogP contribution in [0.5, 0.6) is 0 Å². The molecule has 2 aromatic rings. The number of hydrogen-bond acceptors (Lipinski definition) is 7. The Hall–Kier alpha value is -1.46. The summed E-state index contributed by atoms with van der Waals surface area (Å²) in [6.45, 7) is -0.448. The van der Waals surface area contributed by atoms with Crippen molar-refractivity contribution in [3.63, 3.8) is 0 Å². The lowest BCUT2D eigenvalue weighted by Crippen LogP contribution is -2.33. The van der Waals surface area contributed by atoms with Crippen molar-refractivity contribution in [1.29, 1.82) is 0 Å². The van der Waals surface area contributed by atoms with E-state index >= 15 is 0 Å². The molecule has 0 radical (unpaired) electrons. The van der Waals surface area contributed by atoms with Gasteiger partial charge >= 0.3 is 0 Å². The number of halogens is 1. The molecule has 3 heterocycles. The monoisotopic (exact) mass is 302 g/mol. The third-order valence-electron chi connectivity index (χ3n) is 3.16. The van der Waals surface area contributed by atoms with Gasteiger partial charge in [-0.25, -0.2) is 0 Å². The van der Waals surface area contributed by atoms with Crippen LogP contribution in [0.4, 0.5) is 4.39 Å². The van der Waals surface area contributed by atoms with Crippen LogP contribution in [0.2, 0.25) is 0 Å². The number of ether oxygens (including phenoxy) is 1. The van der Waals surface area contributed by atoms with Gasteiger partial charge < -0.3 is 25.0 Å². The second-order valence-electron chi connectivity index (χ2n) is 4.42. The molecular formula is C10H11FN4O4S. The molecule has 2 aromatic heterocycles. The van der Waals surface area contributed by atoms with Crippen LogP contribution in [0, 0.1) is 10.8 Å². The first-order chi connectivity index (χ1) is 9.51. The molecule has 1 fully saturated rings. The van der Waals surface area contributed by atoms with E-state index in [2.05, 4.69) is 15.0 Å². The third-order valence-corrected chi connectivity index (χ3v) is 3.47. The van der Waals surface area contributed by atoms with Gasteiger partial charge in [0, 0.05) is 6.20 Å². The van der Waals surface area contributed by atoms with Crippen LogP contribution in [-0.2, 0) is 4.74 Å². The fourth-order valence-electron chi connectivity index (χ4n) is 2.16. The molecule has 0 aliphatic carbocycles. The molecule has 1 saturated heterocycles. The van der Waals surface area contributed by atoms with Crippen molar-refractivity contribution >= 4 is 23.4 Å². The number of aromatic amines is 1. The summed E-state index contributed by atoms with van der Waals surface area (Å²) in [5, 5.41) is 28.7. The van der Waals surface area contributed by atoms with Crippen molar-refractivity contribution < 1.29 is 24.4 Å². The molecule has 0 amide bonds. The maximum atomic E-state index is 13.0. The summed E-state index contributed by atoms with van der Waals surface area (Å²) in [7, 11) is 0. The van der Waals surface area contributed by atoms with E-state index < -0.39 is 37.2 Å². The van der Waals surface area contributed by atoms with Gasteiger partial charge in [-0.05, 0) is 12.2 Å². The van der Waals surface area contributed by atoms with Crippen molar-refractivity contribution in [2.24, 2.45) is 0 Å². The van der Waals surface area contributed by atoms with Crippen LogP contribution in [0.1, 0.15) is 6.23 Å². The van der Waals surface area contributed by atoms with E-state index in [1.807, 2.05) is 0 Å². The molecule has 0 bridgehead atoms. The van der Waals surface area contributed by atoms with Gasteiger partial charge in [-0.15, -0.1) is 0 Å². The molecular weight excluding hydrogens is 291 g/mol. The average Bonchev–Trinajstić information content (AvgIpc) is 2.89. The first-order valence-electron chi connectivity index (χ1n) is 5.78. The standard InChI is InChI=1S/C10H11FN4O4S/c11-9-12-3-1-15(10(20)14-7(3)13-9)8-6(18)5(17)4(2-16)19-8/h1,4-6,8,16-18H,2H2,(H,12,13,14,20). The molecule has 8 nitrogen and oxygen atoms in total. The topological polar surface area (TPSA) is 116 Å². The van der Waals surface area contributed by atoms with Crippen LogP contribution in [0.15, 0.2) is 6.20 Å². The highest BCUT2D eigenvalue weighted by Gasteiger charge is 2.43. The Kier molecular flexibility index (Phi) is 3.26. The van der Waals surface area contributed by atoms with Gasteiger partial charge in [-0.1, -0.05) is 0 Å². The third kappa shape index (κ3) is 2.01. The summed E-state index contributed by atoms with van der Waals surface area (Å²) in [6, 6.07) is 0. The Labute approximate surface area is 116 Å². The highest BCUT2D eigenvalue weighted by atomic mass is 32.1. The van der Waals surface area contributed by atoms with Crippen LogP contribution >= 0.6 is 12.2 Å². The Bertz CT molecular complexity index is 704. The van der Waals surface area contributed by atoms with Gasteiger partial charge in [-0.3, -0.25) is 4.57 Å². The molecule has 0 saturated carbocycles. The number of H-pyrrole nitrogens is 1. The Balaban J connectivity index is 2.06. The zero-order chi connectivity index (χ0) is 14.4. The van der Waals surface area contributed by atoms with E-state index in [0.717, 1.165) is 0 Å². The van der Waals surface area contributed by atoms with Crippen molar-refractivity contribution in [2.75, 3.05) is 6.61 Å². The summed E-state index contributed by atoms with van der Waals surface area (Å²) in [5.74, 6) is 0. The predicted molar refractivity (Wildman–Crippen MR) is 65.7 cm³/mol. The summed E-state index contributed by atoms with van der Waals surface area (Å²) >= 11 is 5.03. The SMILES string of the molecule is OCC1OC(n2cc3[nH]c(F)nc3nc2=S)C(O)C1O. The minimum atomic E-state index is -1.29. The first-order valence-corrected chi connectivity index (χ1v) is 6.19. The lowest BCUT2D eigenvalue weighted by Gasteiger charge is -2.17. The highest BCUT2D eigenvalue weighted by molar-refractivity contribution is 7.71. The molecule has 20 heavy (non-hydrogen) atoms. The first kappa shape index (κ1) is 13.5. The van der Waals surface area contributed by atoms with Crippen LogP contribution in [0.25, 0.3) is 11.2 Å². The molecule has 10 heteroatoms. The highest BCUT2D eigenvalue weighted by Crippen LogP contribution is 2.29. The molecule has 4 unspecified atom stereocenters. The molecule has 4 N–H and O–H groups in total. The van der Waals surface area contributed by atoms with E-state index in [1.54, 1.807) is 0 Å². The van der Waals surface area contributed by atoms with Crippen molar-refractivity contribution in [3.8, 4) is 0 Å². The average molecular weight is 302 g/mol. The number of aliphatic hydroxyl groups excluding tert-OH is 3. The van der Waals surface area contributed by atoms with E-state index in [9.17, 15) is 14.6 Å². The molecule has 1 aliphatic heterocycles. The van der Waals surface area contributed by atoms with Gasteiger partial charge in [0.25, 0.3) is 6.08 Å². The summed E-state index contributed by atoms with van der Waals surface area (Å²) in [5.41, 5.74) is 0.379. The van der Waals surface area contributed by atoms with Gasteiger partial charge in [-0.2, -0.15) is 14.4 Å².